The van der Waals surface area contributed by atoms with E-state index in [9.17, 15) is 0 Å². The van der Waals surface area contributed by atoms with Gasteiger partial charge in [0.15, 0.2) is 0 Å². The van der Waals surface area contributed by atoms with Crippen LogP contribution in [0.5, 0.6) is 0 Å². The van der Waals surface area contributed by atoms with Gasteiger partial charge in [0, 0.05) is 20.2 Å². The van der Waals surface area contributed by atoms with Gasteiger partial charge < -0.3 is 0 Å². The van der Waals surface area contributed by atoms with Gasteiger partial charge in [0.05, 0.1) is 0 Å². The van der Waals surface area contributed by atoms with Gasteiger partial charge in [-0.1, -0.05) is 85.8 Å². The summed E-state index contributed by atoms with van der Waals surface area (Å²) in [6, 6.07) is 33.1. The maximum absolute atomic E-state index is 2.35. The molecule has 1 heteroatoms. The standard InChI is InChI=1S/C26H20S/c1-2-18-15-20(19-9-4-3-5-10-19)17-21(16-18)22-12-8-13-24-23-11-6-7-14-25(23)27-26(22)24/h3-17H,2H2,1H3. The van der Waals surface area contributed by atoms with Gasteiger partial charge in [-0.05, 0) is 46.4 Å². The second-order valence-corrected chi connectivity index (χ2v) is 7.97. The van der Waals surface area contributed by atoms with E-state index in [2.05, 4.69) is 97.9 Å². The summed E-state index contributed by atoms with van der Waals surface area (Å²) in [5, 5.41) is 2.71. The van der Waals surface area contributed by atoms with Gasteiger partial charge in [-0.2, -0.15) is 0 Å². The average molecular weight is 365 g/mol. The van der Waals surface area contributed by atoms with Gasteiger partial charge >= 0.3 is 0 Å². The van der Waals surface area contributed by atoms with E-state index in [1.807, 2.05) is 11.3 Å². The smallest absolute Gasteiger partial charge is 0.0433 e. The second-order valence-electron chi connectivity index (χ2n) is 6.92. The van der Waals surface area contributed by atoms with E-state index in [4.69, 9.17) is 0 Å². The van der Waals surface area contributed by atoms with Crippen molar-refractivity contribution in [3.05, 3.63) is 96.6 Å². The molecule has 5 rings (SSSR count). The van der Waals surface area contributed by atoms with Gasteiger partial charge in [0.2, 0.25) is 0 Å². The van der Waals surface area contributed by atoms with Crippen LogP contribution in [0.2, 0.25) is 0 Å². The summed E-state index contributed by atoms with van der Waals surface area (Å²) in [5.74, 6) is 0. The lowest BCUT2D eigenvalue weighted by atomic mass is 9.94. The van der Waals surface area contributed by atoms with Crippen molar-refractivity contribution < 1.29 is 0 Å². The van der Waals surface area contributed by atoms with E-state index in [-0.39, 0.29) is 0 Å². The van der Waals surface area contributed by atoms with Gasteiger partial charge in [0.25, 0.3) is 0 Å². The van der Waals surface area contributed by atoms with Crippen LogP contribution in [0, 0.1) is 0 Å². The van der Waals surface area contributed by atoms with Crippen LogP contribution in [-0.4, -0.2) is 0 Å². The highest BCUT2D eigenvalue weighted by atomic mass is 32.1. The fourth-order valence-corrected chi connectivity index (χ4v) is 5.06. The van der Waals surface area contributed by atoms with Gasteiger partial charge in [-0.3, -0.25) is 0 Å². The first-order valence-electron chi connectivity index (χ1n) is 9.43. The number of thiophene rings is 1. The Hall–Kier alpha value is -2.90. The van der Waals surface area contributed by atoms with Crippen molar-refractivity contribution in [3.63, 3.8) is 0 Å². The van der Waals surface area contributed by atoms with Crippen LogP contribution in [0.3, 0.4) is 0 Å². The van der Waals surface area contributed by atoms with Crippen molar-refractivity contribution in [3.8, 4) is 22.3 Å². The molecule has 0 aliphatic heterocycles. The van der Waals surface area contributed by atoms with Crippen molar-refractivity contribution in [2.45, 2.75) is 13.3 Å². The molecule has 0 aliphatic carbocycles. The molecule has 5 aromatic rings. The normalized spacial score (nSPS) is 11.3. The quantitative estimate of drug-likeness (QED) is 0.305. The van der Waals surface area contributed by atoms with Crippen LogP contribution >= 0.6 is 11.3 Å². The molecule has 0 radical (unpaired) electrons. The highest BCUT2D eigenvalue weighted by Gasteiger charge is 2.11. The summed E-state index contributed by atoms with van der Waals surface area (Å²) in [7, 11) is 0. The predicted octanol–water partition coefficient (Wildman–Crippen LogP) is 7.95. The Balaban J connectivity index is 1.77. The van der Waals surface area contributed by atoms with Gasteiger partial charge in [-0.25, -0.2) is 0 Å². The van der Waals surface area contributed by atoms with E-state index < -0.39 is 0 Å². The zero-order valence-electron chi connectivity index (χ0n) is 15.3. The topological polar surface area (TPSA) is 0 Å². The molecule has 1 heterocycles. The van der Waals surface area contributed by atoms with Crippen LogP contribution in [-0.2, 0) is 6.42 Å². The minimum absolute atomic E-state index is 1.04. The molecular formula is C26H20S. The zero-order valence-corrected chi connectivity index (χ0v) is 16.1. The van der Waals surface area contributed by atoms with Crippen LogP contribution < -0.4 is 0 Å². The molecule has 0 atom stereocenters. The Morgan fingerprint density at radius 3 is 2.22 bits per heavy atom. The molecule has 0 spiro atoms. The van der Waals surface area contributed by atoms with Crippen molar-refractivity contribution in [2.24, 2.45) is 0 Å². The molecule has 27 heavy (non-hydrogen) atoms. The van der Waals surface area contributed by atoms with Crippen LogP contribution in [0.1, 0.15) is 12.5 Å². The third-order valence-electron chi connectivity index (χ3n) is 5.22. The van der Waals surface area contributed by atoms with E-state index >= 15 is 0 Å². The summed E-state index contributed by atoms with van der Waals surface area (Å²) < 4.78 is 2.74. The molecular weight excluding hydrogens is 344 g/mol. The lowest BCUT2D eigenvalue weighted by Crippen LogP contribution is -1.87. The Morgan fingerprint density at radius 1 is 0.630 bits per heavy atom. The molecule has 0 unspecified atom stereocenters. The molecule has 0 fully saturated rings. The minimum atomic E-state index is 1.04. The molecule has 4 aromatic carbocycles. The summed E-state index contributed by atoms with van der Waals surface area (Å²) in [4.78, 5) is 0. The van der Waals surface area contributed by atoms with Gasteiger partial charge in [0.1, 0.15) is 0 Å². The van der Waals surface area contributed by atoms with Crippen molar-refractivity contribution in [2.75, 3.05) is 0 Å². The number of hydrogen-bond donors (Lipinski definition) is 0. The number of aryl methyl sites for hydroxylation is 1. The van der Waals surface area contributed by atoms with Crippen molar-refractivity contribution in [1.82, 2.24) is 0 Å². The molecule has 0 nitrogen and oxygen atoms in total. The number of fused-ring (bicyclic) bond motifs is 3. The number of rotatable bonds is 3. The molecule has 0 N–H and O–H groups in total. The Morgan fingerprint density at radius 2 is 1.37 bits per heavy atom. The summed E-state index contributed by atoms with van der Waals surface area (Å²) in [6.45, 7) is 2.23. The molecule has 0 saturated heterocycles. The summed E-state index contributed by atoms with van der Waals surface area (Å²) >= 11 is 1.90. The maximum atomic E-state index is 2.35. The minimum Gasteiger partial charge on any atom is -0.135 e. The monoisotopic (exact) mass is 364 g/mol. The Bertz CT molecular complexity index is 1250. The Labute approximate surface area is 163 Å². The lowest BCUT2D eigenvalue weighted by molar-refractivity contribution is 1.14. The molecule has 0 bridgehead atoms. The lowest BCUT2D eigenvalue weighted by Gasteiger charge is -2.10. The predicted molar refractivity (Wildman–Crippen MR) is 120 cm³/mol. The number of benzene rings is 4. The fraction of sp³-hybridized carbons (Fsp3) is 0.0769. The summed E-state index contributed by atoms with van der Waals surface area (Å²) in [5.41, 5.74) is 6.59. The maximum Gasteiger partial charge on any atom is 0.0433 e. The SMILES string of the molecule is CCc1cc(-c2ccccc2)cc(-c2cccc3c2sc2ccccc23)c1. The molecule has 130 valence electrons. The Kier molecular flexibility index (Phi) is 4.03. The van der Waals surface area contributed by atoms with Crippen molar-refractivity contribution >= 4 is 31.5 Å². The summed E-state index contributed by atoms with van der Waals surface area (Å²) in [6.07, 6.45) is 1.04. The molecule has 0 aliphatic rings. The zero-order chi connectivity index (χ0) is 18.2. The third kappa shape index (κ3) is 2.85. The van der Waals surface area contributed by atoms with E-state index in [0.29, 0.717) is 0 Å². The van der Waals surface area contributed by atoms with E-state index in [1.165, 1.54) is 48.0 Å². The van der Waals surface area contributed by atoms with Crippen LogP contribution in [0.15, 0.2) is 91.0 Å². The largest absolute Gasteiger partial charge is 0.135 e. The first kappa shape index (κ1) is 16.3. The molecule has 1 aromatic heterocycles. The number of hydrogen-bond acceptors (Lipinski definition) is 1. The van der Waals surface area contributed by atoms with Crippen molar-refractivity contribution in [1.29, 1.82) is 0 Å². The molecule has 0 amide bonds. The van der Waals surface area contributed by atoms with Crippen LogP contribution in [0.4, 0.5) is 0 Å². The highest BCUT2D eigenvalue weighted by molar-refractivity contribution is 7.26. The first-order valence-corrected chi connectivity index (χ1v) is 10.2. The third-order valence-corrected chi connectivity index (χ3v) is 6.44. The van der Waals surface area contributed by atoms with Crippen LogP contribution in [0.25, 0.3) is 42.4 Å². The van der Waals surface area contributed by atoms with E-state index in [1.54, 1.807) is 0 Å². The average Bonchev–Trinajstić information content (AvgIpc) is 3.13. The first-order chi connectivity index (χ1) is 13.3. The second kappa shape index (κ2) is 6.68. The molecule has 0 saturated carbocycles. The van der Waals surface area contributed by atoms with Gasteiger partial charge in [-0.15, -0.1) is 11.3 Å². The highest BCUT2D eigenvalue weighted by Crippen LogP contribution is 2.40. The fourth-order valence-electron chi connectivity index (χ4n) is 3.82. The van der Waals surface area contributed by atoms with E-state index in [0.717, 1.165) is 6.42 Å².